The average molecular weight is 366 g/mol. The number of carboxylic acids is 1. The number of hydrogen-bond acceptors (Lipinski definition) is 4. The quantitative estimate of drug-likeness (QED) is 0.620. The van der Waals surface area contributed by atoms with Gasteiger partial charge >= 0.3 is 5.97 Å². The van der Waals surface area contributed by atoms with E-state index < -0.39 is 5.97 Å². The maximum absolute atomic E-state index is 12.4. The molecule has 1 heterocycles. The van der Waals surface area contributed by atoms with Gasteiger partial charge in [0.1, 0.15) is 11.5 Å². The van der Waals surface area contributed by atoms with Gasteiger partial charge in [0.25, 0.3) is 0 Å². The van der Waals surface area contributed by atoms with E-state index in [4.69, 9.17) is 9.52 Å². The van der Waals surface area contributed by atoms with E-state index in [0.29, 0.717) is 17.4 Å². The first kappa shape index (κ1) is 17.5. The van der Waals surface area contributed by atoms with Crippen LogP contribution in [0.3, 0.4) is 0 Å². The molecule has 140 valence electrons. The first-order valence-electron chi connectivity index (χ1n) is 9.25. The Morgan fingerprint density at radius 3 is 2.67 bits per heavy atom. The van der Waals surface area contributed by atoms with Crippen LogP contribution in [0.4, 0.5) is 0 Å². The lowest BCUT2D eigenvalue weighted by Gasteiger charge is -2.15. The maximum Gasteiger partial charge on any atom is 0.335 e. The van der Waals surface area contributed by atoms with Crippen molar-refractivity contribution in [2.45, 2.75) is 32.6 Å². The molecule has 2 N–H and O–H groups in total. The lowest BCUT2D eigenvalue weighted by atomic mass is 9.90. The van der Waals surface area contributed by atoms with E-state index in [0.717, 1.165) is 18.4 Å². The highest BCUT2D eigenvalue weighted by molar-refractivity contribution is 5.88. The zero-order valence-electron chi connectivity index (χ0n) is 15.1. The molecule has 0 bridgehead atoms. The minimum Gasteiger partial charge on any atom is -0.478 e. The van der Waals surface area contributed by atoms with Crippen LogP contribution in [0, 0.1) is 17.3 Å². The summed E-state index contributed by atoms with van der Waals surface area (Å²) in [4.78, 5) is 23.3. The number of aromatic carboxylic acids is 1. The Morgan fingerprint density at radius 2 is 2.00 bits per heavy atom. The monoisotopic (exact) mass is 366 g/mol. The van der Waals surface area contributed by atoms with Crippen molar-refractivity contribution < 1.29 is 19.1 Å². The molecular weight excluding hydrogens is 344 g/mol. The third-order valence-corrected chi connectivity index (χ3v) is 6.02. The molecule has 3 atom stereocenters. The van der Waals surface area contributed by atoms with Crippen LogP contribution in [-0.2, 0) is 4.79 Å². The van der Waals surface area contributed by atoms with E-state index >= 15 is 0 Å². The lowest BCUT2D eigenvalue weighted by molar-refractivity contribution is -0.123. The van der Waals surface area contributed by atoms with Crippen LogP contribution >= 0.6 is 0 Å². The molecule has 1 aromatic carbocycles. The first-order chi connectivity index (χ1) is 13.0. The average Bonchev–Trinajstić information content (AvgIpc) is 3.03. The number of nitrogens with one attached hydrogen (secondary N) is 1. The Kier molecular flexibility index (Phi) is 4.34. The number of amides is 1. The van der Waals surface area contributed by atoms with Crippen molar-refractivity contribution in [3.05, 3.63) is 47.7 Å². The van der Waals surface area contributed by atoms with Crippen LogP contribution in [0.2, 0.25) is 0 Å². The third-order valence-electron chi connectivity index (χ3n) is 6.02. The smallest absolute Gasteiger partial charge is 0.335 e. The highest BCUT2D eigenvalue weighted by Crippen LogP contribution is 2.66. The number of rotatable bonds is 5. The van der Waals surface area contributed by atoms with Gasteiger partial charge < -0.3 is 9.52 Å². The fourth-order valence-corrected chi connectivity index (χ4v) is 4.43. The normalized spacial score (nSPS) is 26.6. The second-order valence-corrected chi connectivity index (χ2v) is 7.65. The fourth-order valence-electron chi connectivity index (χ4n) is 4.43. The Hall–Kier alpha value is -2.89. The van der Waals surface area contributed by atoms with Crippen molar-refractivity contribution in [1.82, 2.24) is 5.43 Å². The molecule has 0 aliphatic heterocycles. The van der Waals surface area contributed by atoms with Gasteiger partial charge in [-0.3, -0.25) is 4.79 Å². The van der Waals surface area contributed by atoms with Crippen LogP contribution in [0.5, 0.6) is 0 Å². The zero-order valence-corrected chi connectivity index (χ0v) is 15.1. The van der Waals surface area contributed by atoms with Crippen LogP contribution < -0.4 is 5.43 Å². The molecule has 27 heavy (non-hydrogen) atoms. The summed E-state index contributed by atoms with van der Waals surface area (Å²) in [6.45, 7) is 2.21. The number of carboxylic acid groups (broad SMARTS) is 1. The fraction of sp³-hybridized carbons (Fsp3) is 0.381. The molecule has 2 fully saturated rings. The predicted molar refractivity (Wildman–Crippen MR) is 100 cm³/mol. The SMILES string of the molecule is C[C@]12CCCC[C@H]1[C@H]2C(=O)N/N=C\c1ccc(-c2ccc(C(=O)O)cc2)o1. The van der Waals surface area contributed by atoms with Gasteiger partial charge in [-0.25, -0.2) is 10.2 Å². The van der Waals surface area contributed by atoms with E-state index in [1.807, 2.05) is 0 Å². The number of nitrogens with zero attached hydrogens (tertiary/aromatic N) is 1. The molecule has 2 aliphatic carbocycles. The molecule has 0 spiro atoms. The number of carbonyl (C=O) groups is 2. The Morgan fingerprint density at radius 1 is 1.22 bits per heavy atom. The molecular formula is C21H22N2O4. The van der Waals surface area contributed by atoms with Crippen LogP contribution in [0.1, 0.15) is 48.7 Å². The number of fused-ring (bicyclic) bond motifs is 1. The lowest BCUT2D eigenvalue weighted by Crippen LogP contribution is -2.22. The van der Waals surface area contributed by atoms with Crippen molar-refractivity contribution in [3.8, 4) is 11.3 Å². The number of carbonyl (C=O) groups excluding carboxylic acids is 1. The van der Waals surface area contributed by atoms with Crippen LogP contribution in [-0.4, -0.2) is 23.2 Å². The van der Waals surface area contributed by atoms with Crippen molar-refractivity contribution in [2.75, 3.05) is 0 Å². The predicted octanol–water partition coefficient (Wildman–Crippen LogP) is 3.92. The summed E-state index contributed by atoms with van der Waals surface area (Å²) in [5.74, 6) is 0.751. The number of benzene rings is 1. The summed E-state index contributed by atoms with van der Waals surface area (Å²) in [6, 6.07) is 10.00. The number of hydrogen-bond donors (Lipinski definition) is 2. The minimum atomic E-state index is -0.964. The molecule has 1 aromatic heterocycles. The molecule has 2 saturated carbocycles. The van der Waals surface area contributed by atoms with Gasteiger partial charge in [-0.1, -0.05) is 31.9 Å². The summed E-state index contributed by atoms with van der Waals surface area (Å²) in [6.07, 6.45) is 6.18. The first-order valence-corrected chi connectivity index (χ1v) is 9.25. The molecule has 4 rings (SSSR count). The molecule has 2 aromatic rings. The van der Waals surface area contributed by atoms with Crippen LogP contribution in [0.15, 0.2) is 45.9 Å². The Labute approximate surface area is 157 Å². The maximum atomic E-state index is 12.4. The van der Waals surface area contributed by atoms with Gasteiger partial charge in [-0.15, -0.1) is 0 Å². The summed E-state index contributed by atoms with van der Waals surface area (Å²) >= 11 is 0. The highest BCUT2D eigenvalue weighted by atomic mass is 16.4. The largest absolute Gasteiger partial charge is 0.478 e. The van der Waals surface area contributed by atoms with Crippen molar-refractivity contribution in [1.29, 1.82) is 0 Å². The van der Waals surface area contributed by atoms with E-state index in [-0.39, 0.29) is 22.8 Å². The van der Waals surface area contributed by atoms with E-state index in [1.165, 1.54) is 31.2 Å². The van der Waals surface area contributed by atoms with E-state index in [2.05, 4.69) is 17.5 Å². The summed E-state index contributed by atoms with van der Waals surface area (Å²) in [5, 5.41) is 13.0. The van der Waals surface area contributed by atoms with Gasteiger partial charge in [-0.2, -0.15) is 5.10 Å². The van der Waals surface area contributed by atoms with Crippen molar-refractivity contribution in [2.24, 2.45) is 22.4 Å². The summed E-state index contributed by atoms with van der Waals surface area (Å²) < 4.78 is 5.69. The molecule has 0 unspecified atom stereocenters. The van der Waals surface area contributed by atoms with Crippen LogP contribution in [0.25, 0.3) is 11.3 Å². The summed E-state index contributed by atoms with van der Waals surface area (Å²) in [5.41, 5.74) is 3.82. The van der Waals surface area contributed by atoms with Gasteiger partial charge in [-0.05, 0) is 48.4 Å². The van der Waals surface area contributed by atoms with Gasteiger partial charge in [0.2, 0.25) is 5.91 Å². The van der Waals surface area contributed by atoms with Crippen molar-refractivity contribution >= 4 is 18.1 Å². The minimum absolute atomic E-state index is 0.00307. The molecule has 6 heteroatoms. The van der Waals surface area contributed by atoms with Gasteiger partial charge in [0.05, 0.1) is 11.8 Å². The standard InChI is InChI=1S/C21H22N2O4/c1-21-11-3-2-4-16(21)18(21)19(24)23-22-12-15-9-10-17(27-15)13-5-7-14(8-6-13)20(25)26/h5-10,12,16,18H,2-4,11H2,1H3,(H,23,24)(H,25,26)/b22-12-/t16-,18-,21-/m0/s1. The third kappa shape index (κ3) is 3.27. The summed E-state index contributed by atoms with van der Waals surface area (Å²) in [7, 11) is 0. The molecule has 1 amide bonds. The Balaban J connectivity index is 1.36. The molecule has 6 nitrogen and oxygen atoms in total. The van der Waals surface area contributed by atoms with E-state index in [9.17, 15) is 9.59 Å². The van der Waals surface area contributed by atoms with Gasteiger partial charge in [0.15, 0.2) is 0 Å². The molecule has 0 radical (unpaired) electrons. The molecule has 2 aliphatic rings. The van der Waals surface area contributed by atoms with Gasteiger partial charge in [0, 0.05) is 11.5 Å². The zero-order chi connectivity index (χ0) is 19.0. The van der Waals surface area contributed by atoms with E-state index in [1.54, 1.807) is 24.3 Å². The number of hydrazone groups is 1. The Bertz CT molecular complexity index is 899. The second-order valence-electron chi connectivity index (χ2n) is 7.65. The number of furan rings is 1. The molecule has 0 saturated heterocycles. The highest BCUT2D eigenvalue weighted by Gasteiger charge is 2.64. The topological polar surface area (TPSA) is 91.9 Å². The second kappa shape index (κ2) is 6.68. The van der Waals surface area contributed by atoms with Crippen molar-refractivity contribution in [3.63, 3.8) is 0 Å².